The van der Waals surface area contributed by atoms with Gasteiger partial charge in [-0.25, -0.2) is 9.69 Å². The summed E-state index contributed by atoms with van der Waals surface area (Å²) in [4.78, 5) is 39.9. The molecule has 9 heteroatoms. The summed E-state index contributed by atoms with van der Waals surface area (Å²) in [7, 11) is 0. The molecule has 0 aliphatic carbocycles. The maximum atomic E-state index is 13.5. The highest BCUT2D eigenvalue weighted by molar-refractivity contribution is 6.39. The normalized spacial score (nSPS) is 14.0. The minimum absolute atomic E-state index is 0.240. The number of rotatable bonds is 10. The topological polar surface area (TPSA) is 94.2 Å². The van der Waals surface area contributed by atoms with E-state index in [2.05, 4.69) is 5.32 Å². The van der Waals surface area contributed by atoms with E-state index in [0.29, 0.717) is 36.0 Å². The molecule has 1 aliphatic rings. The maximum absolute atomic E-state index is 13.5. The van der Waals surface area contributed by atoms with Crippen LogP contribution in [0.25, 0.3) is 6.08 Å². The molecule has 0 radical (unpaired) electrons. The summed E-state index contributed by atoms with van der Waals surface area (Å²) >= 11 is 6.60. The summed E-state index contributed by atoms with van der Waals surface area (Å²) in [6, 6.07) is 24.8. The van der Waals surface area contributed by atoms with Crippen molar-refractivity contribution in [1.82, 2.24) is 5.32 Å². The first kappa shape index (κ1) is 30.4. The van der Waals surface area contributed by atoms with Gasteiger partial charge in [-0.05, 0) is 79.9 Å². The third-order valence-electron chi connectivity index (χ3n) is 6.83. The Bertz CT molecular complexity index is 1730. The molecule has 0 atom stereocenters. The average Bonchev–Trinajstić information content (AvgIpc) is 2.99. The molecule has 0 bridgehead atoms. The van der Waals surface area contributed by atoms with E-state index < -0.39 is 17.8 Å². The van der Waals surface area contributed by atoms with Crippen molar-refractivity contribution in [2.24, 2.45) is 0 Å². The van der Waals surface area contributed by atoms with E-state index >= 15 is 0 Å². The second-order valence-electron chi connectivity index (χ2n) is 10.3. The molecule has 1 saturated heterocycles. The van der Waals surface area contributed by atoms with Crippen molar-refractivity contribution >= 4 is 41.2 Å². The summed E-state index contributed by atoms with van der Waals surface area (Å²) in [5, 5.41) is 2.49. The van der Waals surface area contributed by atoms with Gasteiger partial charge >= 0.3 is 6.03 Å². The highest BCUT2D eigenvalue weighted by atomic mass is 35.5. The molecule has 4 amide bonds. The maximum Gasteiger partial charge on any atom is 0.335 e. The van der Waals surface area contributed by atoms with Gasteiger partial charge in [0.05, 0.1) is 17.3 Å². The van der Waals surface area contributed by atoms with Crippen LogP contribution in [0.5, 0.6) is 17.2 Å². The van der Waals surface area contributed by atoms with E-state index in [0.717, 1.165) is 27.2 Å². The molecule has 0 saturated carbocycles. The molecule has 4 aromatic rings. The van der Waals surface area contributed by atoms with Gasteiger partial charge in [-0.2, -0.15) is 0 Å². The highest BCUT2D eigenvalue weighted by Gasteiger charge is 2.37. The Balaban J connectivity index is 1.35. The number of hydrogen-bond acceptors (Lipinski definition) is 6. The van der Waals surface area contributed by atoms with Gasteiger partial charge in [-0.3, -0.25) is 14.9 Å². The van der Waals surface area contributed by atoms with E-state index in [1.165, 1.54) is 6.08 Å². The first-order chi connectivity index (χ1) is 21.2. The zero-order valence-corrected chi connectivity index (χ0v) is 25.3. The minimum atomic E-state index is -0.849. The van der Waals surface area contributed by atoms with Gasteiger partial charge in [0.25, 0.3) is 11.8 Å². The van der Waals surface area contributed by atoms with E-state index in [-0.39, 0.29) is 22.9 Å². The summed E-state index contributed by atoms with van der Waals surface area (Å²) in [5.74, 6) is -0.326. The largest absolute Gasteiger partial charge is 0.490 e. The van der Waals surface area contributed by atoms with Crippen LogP contribution in [0.15, 0.2) is 90.5 Å². The Morgan fingerprint density at radius 3 is 2.23 bits per heavy atom. The molecule has 1 fully saturated rings. The van der Waals surface area contributed by atoms with Crippen LogP contribution in [0, 0.1) is 13.8 Å². The van der Waals surface area contributed by atoms with Gasteiger partial charge in [0.2, 0.25) is 0 Å². The Kier molecular flexibility index (Phi) is 9.31. The van der Waals surface area contributed by atoms with Crippen LogP contribution in [0.2, 0.25) is 5.02 Å². The number of carbonyl (C=O) groups excluding carboxylic acids is 3. The molecule has 1 heterocycles. The molecule has 1 N–H and O–H groups in total. The van der Waals surface area contributed by atoms with Crippen LogP contribution in [0.4, 0.5) is 10.5 Å². The van der Waals surface area contributed by atoms with Crippen LogP contribution in [-0.2, 0) is 22.8 Å². The number of halogens is 1. The Hall–Kier alpha value is -5.08. The van der Waals surface area contributed by atoms with Gasteiger partial charge < -0.3 is 14.2 Å². The molecular formula is C35H31ClN2O6. The Labute approximate surface area is 260 Å². The van der Waals surface area contributed by atoms with E-state index in [4.69, 9.17) is 25.8 Å². The second kappa shape index (κ2) is 13.5. The van der Waals surface area contributed by atoms with Crippen LogP contribution in [0.1, 0.15) is 34.7 Å². The third kappa shape index (κ3) is 7.10. The first-order valence-corrected chi connectivity index (χ1v) is 14.4. The number of nitrogens with one attached hydrogen (secondary N) is 1. The number of urea groups is 1. The molecule has 8 nitrogen and oxygen atoms in total. The smallest absolute Gasteiger partial charge is 0.335 e. The number of barbiturate groups is 1. The van der Waals surface area contributed by atoms with E-state index in [1.807, 2.05) is 69.3 Å². The van der Waals surface area contributed by atoms with Crippen molar-refractivity contribution in [2.45, 2.75) is 34.0 Å². The Morgan fingerprint density at radius 1 is 0.795 bits per heavy atom. The van der Waals surface area contributed by atoms with E-state index in [9.17, 15) is 14.4 Å². The van der Waals surface area contributed by atoms with Crippen LogP contribution < -0.4 is 24.4 Å². The fourth-order valence-corrected chi connectivity index (χ4v) is 4.91. The number of ether oxygens (including phenoxy) is 3. The van der Waals surface area contributed by atoms with Crippen molar-refractivity contribution in [3.63, 3.8) is 0 Å². The molecule has 4 aromatic carbocycles. The summed E-state index contributed by atoms with van der Waals surface area (Å²) in [6.45, 7) is 6.82. The zero-order chi connectivity index (χ0) is 31.2. The molecule has 224 valence electrons. The van der Waals surface area contributed by atoms with Gasteiger partial charge in [0.15, 0.2) is 11.5 Å². The lowest BCUT2D eigenvalue weighted by Gasteiger charge is -2.26. The predicted molar refractivity (Wildman–Crippen MR) is 169 cm³/mol. The molecular weight excluding hydrogens is 580 g/mol. The number of imide groups is 2. The second-order valence-corrected chi connectivity index (χ2v) is 10.7. The number of anilines is 1. The monoisotopic (exact) mass is 610 g/mol. The molecule has 0 aromatic heterocycles. The average molecular weight is 611 g/mol. The lowest BCUT2D eigenvalue weighted by atomic mass is 10.1. The van der Waals surface area contributed by atoms with E-state index in [1.54, 1.807) is 36.4 Å². The molecule has 5 rings (SSSR count). The van der Waals surface area contributed by atoms with Gasteiger partial charge in [0.1, 0.15) is 24.5 Å². The number of amides is 4. The molecule has 44 heavy (non-hydrogen) atoms. The lowest BCUT2D eigenvalue weighted by molar-refractivity contribution is -0.122. The van der Waals surface area contributed by atoms with Crippen LogP contribution >= 0.6 is 11.6 Å². The van der Waals surface area contributed by atoms with Crippen molar-refractivity contribution in [2.75, 3.05) is 11.5 Å². The summed E-state index contributed by atoms with van der Waals surface area (Å²) in [6.07, 6.45) is 1.37. The fraction of sp³-hybridized carbons (Fsp3) is 0.171. The third-order valence-corrected chi connectivity index (χ3v) is 7.11. The number of carbonyl (C=O) groups is 3. The Morgan fingerprint density at radius 2 is 1.52 bits per heavy atom. The van der Waals surface area contributed by atoms with Gasteiger partial charge in [0, 0.05) is 0 Å². The SMILES string of the molecule is CCOc1cc(/C=C2\C(=O)NC(=O)N(c3ccc(OCc4ccc(C)cc4)cc3)C2=O)cc(Cl)c1OCc1cccc(C)c1. The first-order valence-electron chi connectivity index (χ1n) is 14.1. The number of benzene rings is 4. The quantitative estimate of drug-likeness (QED) is 0.151. The van der Waals surface area contributed by atoms with Crippen molar-refractivity contribution in [1.29, 1.82) is 0 Å². The van der Waals surface area contributed by atoms with Crippen molar-refractivity contribution in [3.05, 3.63) is 123 Å². The molecule has 1 aliphatic heterocycles. The predicted octanol–water partition coefficient (Wildman–Crippen LogP) is 7.18. The summed E-state index contributed by atoms with van der Waals surface area (Å²) < 4.78 is 17.6. The standard InChI is InChI=1S/C35H31ClN2O6/c1-4-42-31-19-26(18-30(36)32(31)44-21-25-7-5-6-23(3)16-25)17-29-33(39)37-35(41)38(34(29)40)27-12-14-28(15-13-27)43-20-24-10-8-22(2)9-11-24/h5-19H,4,20-21H2,1-3H3,(H,37,39,41)/b29-17+. The van der Waals surface area contributed by atoms with Gasteiger partial charge in [-0.15, -0.1) is 0 Å². The fourth-order valence-electron chi connectivity index (χ4n) is 4.63. The molecule has 0 unspecified atom stereocenters. The number of hydrogen-bond donors (Lipinski definition) is 1. The lowest BCUT2D eigenvalue weighted by Crippen LogP contribution is -2.54. The van der Waals surface area contributed by atoms with Gasteiger partial charge in [-0.1, -0.05) is 71.3 Å². The zero-order valence-electron chi connectivity index (χ0n) is 24.6. The van der Waals surface area contributed by atoms with Crippen molar-refractivity contribution < 1.29 is 28.6 Å². The highest BCUT2D eigenvalue weighted by Crippen LogP contribution is 2.38. The minimum Gasteiger partial charge on any atom is -0.490 e. The van der Waals surface area contributed by atoms with Crippen molar-refractivity contribution in [3.8, 4) is 17.2 Å². The number of aryl methyl sites for hydroxylation is 2. The van der Waals surface area contributed by atoms with Crippen LogP contribution in [-0.4, -0.2) is 24.5 Å². The summed E-state index contributed by atoms with van der Waals surface area (Å²) in [5.41, 5.74) is 4.71. The number of nitrogens with zero attached hydrogens (tertiary/aromatic N) is 1. The molecule has 0 spiro atoms. The van der Waals surface area contributed by atoms with Crippen LogP contribution in [0.3, 0.4) is 0 Å².